The van der Waals surface area contributed by atoms with E-state index in [1.807, 2.05) is 0 Å². The molecule has 2 rings (SSSR count). The Morgan fingerprint density at radius 2 is 2.00 bits per heavy atom. The molecule has 0 aromatic heterocycles. The van der Waals surface area contributed by atoms with Gasteiger partial charge in [-0.05, 0) is 36.8 Å². The van der Waals surface area contributed by atoms with Crippen molar-refractivity contribution in [3.05, 3.63) is 63.5 Å². The van der Waals surface area contributed by atoms with Crippen LogP contribution in [-0.4, -0.2) is 10.8 Å². The van der Waals surface area contributed by atoms with Gasteiger partial charge in [0.05, 0.1) is 10.5 Å². The first kappa shape index (κ1) is 14.4. The van der Waals surface area contributed by atoms with Crippen molar-refractivity contribution in [2.75, 3.05) is 11.1 Å². The Labute approximate surface area is 119 Å². The predicted octanol–water partition coefficient (Wildman–Crippen LogP) is 2.88. The fourth-order valence-corrected chi connectivity index (χ4v) is 1.80. The molecule has 6 nitrogen and oxygen atoms in total. The van der Waals surface area contributed by atoms with E-state index in [0.29, 0.717) is 5.56 Å². The van der Waals surface area contributed by atoms with Crippen LogP contribution in [0.3, 0.4) is 0 Å². The molecule has 108 valence electrons. The smallest absolute Gasteiger partial charge is 0.293 e. The van der Waals surface area contributed by atoms with Crippen LogP contribution in [0.1, 0.15) is 15.9 Å². The van der Waals surface area contributed by atoms with E-state index in [4.69, 9.17) is 5.73 Å². The van der Waals surface area contributed by atoms with Gasteiger partial charge in [0, 0.05) is 11.8 Å². The summed E-state index contributed by atoms with van der Waals surface area (Å²) in [6, 6.07) is 7.96. The number of carbonyl (C=O) groups excluding carboxylic acids is 1. The average Bonchev–Trinajstić information content (AvgIpc) is 2.40. The van der Waals surface area contributed by atoms with Gasteiger partial charge >= 0.3 is 0 Å². The number of aryl methyl sites for hydroxylation is 1. The first-order valence-corrected chi connectivity index (χ1v) is 6.00. The molecule has 0 aliphatic carbocycles. The topological polar surface area (TPSA) is 98.3 Å². The fraction of sp³-hybridized carbons (Fsp3) is 0.0714. The summed E-state index contributed by atoms with van der Waals surface area (Å²) < 4.78 is 13.7. The lowest BCUT2D eigenvalue weighted by Crippen LogP contribution is -2.15. The van der Waals surface area contributed by atoms with Crippen LogP contribution in [-0.2, 0) is 0 Å². The van der Waals surface area contributed by atoms with Gasteiger partial charge in [0.1, 0.15) is 11.5 Å². The van der Waals surface area contributed by atoms with Crippen LogP contribution in [0.25, 0.3) is 0 Å². The number of nitrogens with two attached hydrogens (primary N) is 1. The summed E-state index contributed by atoms with van der Waals surface area (Å²) in [5.41, 5.74) is 5.78. The summed E-state index contributed by atoms with van der Waals surface area (Å²) in [5.74, 6) is -1.57. The maximum Gasteiger partial charge on any atom is 0.293 e. The zero-order chi connectivity index (χ0) is 15.6. The molecular formula is C14H12FN3O3. The van der Waals surface area contributed by atoms with E-state index in [1.165, 1.54) is 24.3 Å². The zero-order valence-corrected chi connectivity index (χ0v) is 11.1. The van der Waals surface area contributed by atoms with Crippen LogP contribution < -0.4 is 11.1 Å². The van der Waals surface area contributed by atoms with Crippen LogP contribution in [0, 0.1) is 22.9 Å². The minimum absolute atomic E-state index is 0.00632. The number of anilines is 2. The van der Waals surface area contributed by atoms with Crippen LogP contribution in [0.2, 0.25) is 0 Å². The number of amides is 1. The van der Waals surface area contributed by atoms with E-state index in [9.17, 15) is 19.3 Å². The normalized spacial score (nSPS) is 10.2. The fourth-order valence-electron chi connectivity index (χ4n) is 1.80. The third-order valence-corrected chi connectivity index (χ3v) is 2.84. The number of rotatable bonds is 3. The van der Waals surface area contributed by atoms with E-state index in [2.05, 4.69) is 5.32 Å². The molecule has 7 heteroatoms. The number of hydrogen-bond acceptors (Lipinski definition) is 4. The molecule has 0 saturated carbocycles. The van der Waals surface area contributed by atoms with Gasteiger partial charge in [-0.3, -0.25) is 14.9 Å². The minimum Gasteiger partial charge on any atom is -0.399 e. The lowest BCUT2D eigenvalue weighted by molar-refractivity contribution is -0.384. The van der Waals surface area contributed by atoms with E-state index in [1.54, 1.807) is 13.0 Å². The molecule has 0 spiro atoms. The summed E-state index contributed by atoms with van der Waals surface area (Å²) in [6.07, 6.45) is 0. The van der Waals surface area contributed by atoms with Gasteiger partial charge < -0.3 is 11.1 Å². The van der Waals surface area contributed by atoms with Gasteiger partial charge in [0.2, 0.25) is 0 Å². The molecule has 0 unspecified atom stereocenters. The molecule has 0 bridgehead atoms. The molecule has 0 heterocycles. The van der Waals surface area contributed by atoms with Crippen LogP contribution in [0.5, 0.6) is 0 Å². The first-order valence-electron chi connectivity index (χ1n) is 6.00. The number of nitrogens with one attached hydrogen (secondary N) is 1. The molecule has 0 aliphatic rings. The van der Waals surface area contributed by atoms with Gasteiger partial charge in [0.25, 0.3) is 11.6 Å². The van der Waals surface area contributed by atoms with Crippen LogP contribution in [0.15, 0.2) is 36.4 Å². The zero-order valence-electron chi connectivity index (χ0n) is 11.1. The summed E-state index contributed by atoms with van der Waals surface area (Å²) in [4.78, 5) is 22.3. The Morgan fingerprint density at radius 3 is 2.62 bits per heavy atom. The van der Waals surface area contributed by atoms with Crippen molar-refractivity contribution in [3.63, 3.8) is 0 Å². The molecule has 2 aromatic carbocycles. The summed E-state index contributed by atoms with van der Waals surface area (Å²) >= 11 is 0. The standard InChI is InChI=1S/C14H12FN3O3/c1-8-2-5-12(13(6-8)18(20)21)17-14(19)10-4-3-9(16)7-11(10)15/h2-7H,16H2,1H3,(H,17,19). The van der Waals surface area contributed by atoms with Gasteiger partial charge in [-0.1, -0.05) is 6.07 Å². The highest BCUT2D eigenvalue weighted by Gasteiger charge is 2.18. The van der Waals surface area contributed by atoms with Crippen molar-refractivity contribution in [2.24, 2.45) is 0 Å². The Kier molecular flexibility index (Phi) is 3.84. The molecule has 1 amide bonds. The third kappa shape index (κ3) is 3.14. The Bertz CT molecular complexity index is 731. The van der Waals surface area contributed by atoms with Gasteiger partial charge in [-0.25, -0.2) is 4.39 Å². The second-order valence-corrected chi connectivity index (χ2v) is 4.47. The van der Waals surface area contributed by atoms with Crippen molar-refractivity contribution in [2.45, 2.75) is 6.92 Å². The average molecular weight is 289 g/mol. The molecular weight excluding hydrogens is 277 g/mol. The SMILES string of the molecule is Cc1ccc(NC(=O)c2ccc(N)cc2F)c([N+](=O)[O-])c1. The largest absolute Gasteiger partial charge is 0.399 e. The second-order valence-electron chi connectivity index (χ2n) is 4.47. The number of nitro groups is 1. The number of benzene rings is 2. The van der Waals surface area contributed by atoms with E-state index >= 15 is 0 Å². The number of nitrogen functional groups attached to an aromatic ring is 1. The maximum atomic E-state index is 13.7. The molecule has 0 saturated heterocycles. The minimum atomic E-state index is -0.790. The van der Waals surface area contributed by atoms with Gasteiger partial charge in [-0.2, -0.15) is 0 Å². The molecule has 0 radical (unpaired) electrons. The molecule has 0 fully saturated rings. The maximum absolute atomic E-state index is 13.7. The number of halogens is 1. The highest BCUT2D eigenvalue weighted by molar-refractivity contribution is 6.05. The lowest BCUT2D eigenvalue weighted by atomic mass is 10.1. The lowest BCUT2D eigenvalue weighted by Gasteiger charge is -2.08. The van der Waals surface area contributed by atoms with Gasteiger partial charge in [0.15, 0.2) is 0 Å². The number of nitrogens with zero attached hydrogens (tertiary/aromatic N) is 1. The highest BCUT2D eigenvalue weighted by atomic mass is 19.1. The Hall–Kier alpha value is -2.96. The van der Waals surface area contributed by atoms with Crippen molar-refractivity contribution >= 4 is 23.0 Å². The second kappa shape index (κ2) is 5.58. The third-order valence-electron chi connectivity index (χ3n) is 2.84. The number of carbonyl (C=O) groups is 1. The molecule has 3 N–H and O–H groups in total. The van der Waals surface area contributed by atoms with Crippen molar-refractivity contribution in [1.29, 1.82) is 0 Å². The Morgan fingerprint density at radius 1 is 1.29 bits per heavy atom. The summed E-state index contributed by atoms with van der Waals surface area (Å²) in [6.45, 7) is 1.69. The summed E-state index contributed by atoms with van der Waals surface area (Å²) in [7, 11) is 0. The monoisotopic (exact) mass is 289 g/mol. The van der Waals surface area contributed by atoms with Crippen molar-refractivity contribution in [1.82, 2.24) is 0 Å². The molecule has 2 aromatic rings. The quantitative estimate of drug-likeness (QED) is 0.515. The first-order chi connectivity index (χ1) is 9.88. The van der Waals surface area contributed by atoms with Gasteiger partial charge in [-0.15, -0.1) is 0 Å². The molecule has 0 atom stereocenters. The highest BCUT2D eigenvalue weighted by Crippen LogP contribution is 2.26. The van der Waals surface area contributed by atoms with Crippen molar-refractivity contribution in [3.8, 4) is 0 Å². The van der Waals surface area contributed by atoms with Crippen LogP contribution in [0.4, 0.5) is 21.5 Å². The summed E-state index contributed by atoms with van der Waals surface area (Å²) in [5, 5.41) is 13.3. The Balaban J connectivity index is 2.34. The van der Waals surface area contributed by atoms with Crippen molar-refractivity contribution < 1.29 is 14.1 Å². The van der Waals surface area contributed by atoms with E-state index in [0.717, 1.165) is 6.07 Å². The van der Waals surface area contributed by atoms with Crippen LogP contribution >= 0.6 is 0 Å². The predicted molar refractivity (Wildman–Crippen MR) is 76.6 cm³/mol. The van der Waals surface area contributed by atoms with E-state index in [-0.39, 0.29) is 22.6 Å². The number of hydrogen-bond donors (Lipinski definition) is 2. The van der Waals surface area contributed by atoms with E-state index < -0.39 is 16.6 Å². The number of nitro benzene ring substituents is 1. The molecule has 0 aliphatic heterocycles. The molecule has 21 heavy (non-hydrogen) atoms.